The quantitative estimate of drug-likeness (QED) is 0.435. The average Bonchev–Trinajstić information content (AvgIpc) is 3.13. The number of hydrogen-bond donors (Lipinski definition) is 1. The Hall–Kier alpha value is -1.93. The average molecular weight is 498 g/mol. The molecule has 1 N–H and O–H groups in total. The van der Waals surface area contributed by atoms with Crippen molar-refractivity contribution in [2.45, 2.75) is 19.9 Å². The van der Waals surface area contributed by atoms with E-state index in [0.29, 0.717) is 40.6 Å². The summed E-state index contributed by atoms with van der Waals surface area (Å²) in [5.74, 6) is 0.704. The number of anilines is 1. The maximum absolute atomic E-state index is 12.5. The molecule has 152 valence electrons. The third kappa shape index (κ3) is 6.27. The van der Waals surface area contributed by atoms with Crippen LogP contribution in [-0.4, -0.2) is 34.1 Å². The van der Waals surface area contributed by atoms with Crippen molar-refractivity contribution in [3.05, 3.63) is 62.9 Å². The highest BCUT2D eigenvalue weighted by molar-refractivity contribution is 9.10. The van der Waals surface area contributed by atoms with E-state index in [0.717, 1.165) is 16.5 Å². The van der Waals surface area contributed by atoms with Crippen molar-refractivity contribution < 1.29 is 9.21 Å². The number of nitrogens with zero attached hydrogens (tertiary/aromatic N) is 3. The second-order valence-corrected chi connectivity index (χ2v) is 8.15. The fourth-order valence-electron chi connectivity index (χ4n) is 2.76. The summed E-state index contributed by atoms with van der Waals surface area (Å²) >= 11 is 15.4. The number of carbonyl (C=O) groups is 1. The van der Waals surface area contributed by atoms with Crippen LogP contribution >= 0.6 is 39.1 Å². The second-order valence-electron chi connectivity index (χ2n) is 6.39. The third-order valence-corrected chi connectivity index (χ3v) is 5.05. The zero-order valence-corrected chi connectivity index (χ0v) is 18.8. The summed E-state index contributed by atoms with van der Waals surface area (Å²) in [6.45, 7) is 3.29. The van der Waals surface area contributed by atoms with Crippen LogP contribution in [0.5, 0.6) is 0 Å². The van der Waals surface area contributed by atoms with E-state index in [1.807, 2.05) is 36.1 Å². The maximum atomic E-state index is 12.5. The van der Waals surface area contributed by atoms with Gasteiger partial charge < -0.3 is 9.73 Å². The molecule has 9 heteroatoms. The smallest absolute Gasteiger partial charge is 0.247 e. The standard InChI is InChI=1S/C20H19BrCl2N4O2/c1-2-8-27(11-18(28)24-17-7-6-15(22)10-16(17)23)12-19-25-26-20(29-19)13-4-3-5-14(21)9-13/h3-7,9-10H,2,8,11-12H2,1H3,(H,24,28). The van der Waals surface area contributed by atoms with Crippen LogP contribution in [0.4, 0.5) is 5.69 Å². The van der Waals surface area contributed by atoms with E-state index in [4.69, 9.17) is 27.6 Å². The molecule has 0 aliphatic heterocycles. The van der Waals surface area contributed by atoms with Crippen LogP contribution < -0.4 is 5.32 Å². The Morgan fingerprint density at radius 1 is 1.21 bits per heavy atom. The van der Waals surface area contributed by atoms with Crippen LogP contribution in [0.1, 0.15) is 19.2 Å². The molecule has 1 aromatic heterocycles. The van der Waals surface area contributed by atoms with Gasteiger partial charge in [0.1, 0.15) is 0 Å². The number of nitrogens with one attached hydrogen (secondary N) is 1. The summed E-state index contributed by atoms with van der Waals surface area (Å²) in [6, 6.07) is 12.6. The molecule has 2 aromatic carbocycles. The molecule has 0 saturated heterocycles. The van der Waals surface area contributed by atoms with Gasteiger partial charge in [-0.25, -0.2) is 0 Å². The number of carbonyl (C=O) groups excluding carboxylic acids is 1. The molecule has 0 spiro atoms. The Labute approximate surface area is 187 Å². The van der Waals surface area contributed by atoms with Crippen molar-refractivity contribution in [3.8, 4) is 11.5 Å². The highest BCUT2D eigenvalue weighted by Crippen LogP contribution is 2.25. The molecule has 3 aromatic rings. The number of amides is 1. The molecule has 29 heavy (non-hydrogen) atoms. The summed E-state index contributed by atoms with van der Waals surface area (Å²) in [5.41, 5.74) is 1.35. The summed E-state index contributed by atoms with van der Waals surface area (Å²) in [6.07, 6.45) is 0.877. The lowest BCUT2D eigenvalue weighted by Crippen LogP contribution is -2.33. The first-order valence-electron chi connectivity index (χ1n) is 9.00. The third-order valence-electron chi connectivity index (χ3n) is 4.01. The maximum Gasteiger partial charge on any atom is 0.247 e. The van der Waals surface area contributed by atoms with Gasteiger partial charge >= 0.3 is 0 Å². The number of aromatic nitrogens is 2. The minimum Gasteiger partial charge on any atom is -0.419 e. The number of hydrogen-bond acceptors (Lipinski definition) is 5. The van der Waals surface area contributed by atoms with Crippen molar-refractivity contribution in [2.75, 3.05) is 18.4 Å². The van der Waals surface area contributed by atoms with E-state index in [2.05, 4.69) is 31.4 Å². The van der Waals surface area contributed by atoms with Crippen LogP contribution in [0.3, 0.4) is 0 Å². The van der Waals surface area contributed by atoms with Crippen molar-refractivity contribution >= 4 is 50.7 Å². The van der Waals surface area contributed by atoms with Gasteiger partial charge in [-0.3, -0.25) is 9.69 Å². The summed E-state index contributed by atoms with van der Waals surface area (Å²) < 4.78 is 6.71. The van der Waals surface area contributed by atoms with Crippen LogP contribution in [0.15, 0.2) is 51.4 Å². The van der Waals surface area contributed by atoms with Gasteiger partial charge in [-0.05, 0) is 49.4 Å². The fourth-order valence-corrected chi connectivity index (χ4v) is 3.62. The van der Waals surface area contributed by atoms with E-state index >= 15 is 0 Å². The molecular weight excluding hydrogens is 479 g/mol. The number of benzene rings is 2. The first kappa shape index (κ1) is 21.8. The molecule has 1 amide bonds. The highest BCUT2D eigenvalue weighted by atomic mass is 79.9. The van der Waals surface area contributed by atoms with Gasteiger partial charge in [0.05, 0.1) is 23.8 Å². The van der Waals surface area contributed by atoms with Gasteiger partial charge in [-0.1, -0.05) is 52.1 Å². The highest BCUT2D eigenvalue weighted by Gasteiger charge is 2.16. The SMILES string of the molecule is CCCN(CC(=O)Nc1ccc(Cl)cc1Cl)Cc1nnc(-c2cccc(Br)c2)o1. The minimum atomic E-state index is -0.186. The molecule has 0 atom stereocenters. The lowest BCUT2D eigenvalue weighted by Gasteiger charge is -2.19. The lowest BCUT2D eigenvalue weighted by molar-refractivity contribution is -0.117. The van der Waals surface area contributed by atoms with Crippen molar-refractivity contribution in [1.29, 1.82) is 0 Å². The molecule has 1 heterocycles. The predicted molar refractivity (Wildman–Crippen MR) is 118 cm³/mol. The van der Waals surface area contributed by atoms with Crippen molar-refractivity contribution in [2.24, 2.45) is 0 Å². The van der Waals surface area contributed by atoms with Gasteiger partial charge in [0, 0.05) is 15.1 Å². The summed E-state index contributed by atoms with van der Waals surface area (Å²) in [5, 5.41) is 11.9. The van der Waals surface area contributed by atoms with Crippen LogP contribution in [0, 0.1) is 0 Å². The minimum absolute atomic E-state index is 0.168. The Kier molecular flexibility index (Phi) is 7.66. The molecule has 0 saturated carbocycles. The van der Waals surface area contributed by atoms with E-state index in [-0.39, 0.29) is 12.5 Å². The van der Waals surface area contributed by atoms with Crippen molar-refractivity contribution in [3.63, 3.8) is 0 Å². The van der Waals surface area contributed by atoms with Gasteiger partial charge in [-0.2, -0.15) is 0 Å². The topological polar surface area (TPSA) is 71.3 Å². The molecule has 0 aliphatic rings. The molecule has 0 unspecified atom stereocenters. The number of rotatable bonds is 8. The van der Waals surface area contributed by atoms with Crippen LogP contribution in [0.2, 0.25) is 10.0 Å². The van der Waals surface area contributed by atoms with Crippen LogP contribution in [0.25, 0.3) is 11.5 Å². The first-order chi connectivity index (χ1) is 13.9. The lowest BCUT2D eigenvalue weighted by atomic mass is 10.2. The molecule has 0 radical (unpaired) electrons. The fraction of sp³-hybridized carbons (Fsp3) is 0.250. The molecule has 0 aliphatic carbocycles. The Bertz CT molecular complexity index is 996. The number of halogens is 3. The molecular formula is C20H19BrCl2N4O2. The predicted octanol–water partition coefficient (Wildman–Crippen LogP) is 5.66. The molecule has 3 rings (SSSR count). The van der Waals surface area contributed by atoms with Crippen molar-refractivity contribution in [1.82, 2.24) is 15.1 Å². The van der Waals surface area contributed by atoms with E-state index in [1.54, 1.807) is 18.2 Å². The largest absolute Gasteiger partial charge is 0.419 e. The first-order valence-corrected chi connectivity index (χ1v) is 10.5. The normalized spacial score (nSPS) is 11.1. The summed E-state index contributed by atoms with van der Waals surface area (Å²) in [4.78, 5) is 14.4. The Balaban J connectivity index is 1.65. The Morgan fingerprint density at radius 2 is 2.03 bits per heavy atom. The monoisotopic (exact) mass is 496 g/mol. The molecule has 0 bridgehead atoms. The van der Waals surface area contributed by atoms with Crippen LogP contribution in [-0.2, 0) is 11.3 Å². The zero-order valence-electron chi connectivity index (χ0n) is 15.7. The van der Waals surface area contributed by atoms with Gasteiger partial charge in [0.15, 0.2) is 0 Å². The Morgan fingerprint density at radius 3 is 2.76 bits per heavy atom. The zero-order chi connectivity index (χ0) is 20.8. The second kappa shape index (κ2) is 10.2. The van der Waals surface area contributed by atoms with E-state index in [9.17, 15) is 4.79 Å². The summed E-state index contributed by atoms with van der Waals surface area (Å²) in [7, 11) is 0. The van der Waals surface area contributed by atoms with Gasteiger partial charge in [0.25, 0.3) is 0 Å². The van der Waals surface area contributed by atoms with E-state index < -0.39 is 0 Å². The molecule has 6 nitrogen and oxygen atoms in total. The van der Waals surface area contributed by atoms with E-state index in [1.165, 1.54) is 0 Å². The van der Waals surface area contributed by atoms with Gasteiger partial charge in [0.2, 0.25) is 17.7 Å². The van der Waals surface area contributed by atoms with Gasteiger partial charge in [-0.15, -0.1) is 10.2 Å². The molecule has 0 fully saturated rings.